The highest BCUT2D eigenvalue weighted by atomic mass is 32.2. The van der Waals surface area contributed by atoms with Crippen LogP contribution in [0.25, 0.3) is 0 Å². The van der Waals surface area contributed by atoms with Gasteiger partial charge in [-0.05, 0) is 90.9 Å². The number of nitrogens with zero attached hydrogens (tertiary/aromatic N) is 5. The third-order valence-electron chi connectivity index (χ3n) is 6.58. The lowest BCUT2D eigenvalue weighted by Crippen LogP contribution is -2.34. The Labute approximate surface area is 231 Å². The van der Waals surface area contributed by atoms with Gasteiger partial charge in [-0.25, -0.2) is 4.79 Å². The van der Waals surface area contributed by atoms with Gasteiger partial charge in [0.15, 0.2) is 0 Å². The van der Waals surface area contributed by atoms with Crippen molar-refractivity contribution in [3.05, 3.63) is 83.9 Å². The quantitative estimate of drug-likeness (QED) is 0.255. The normalized spacial score (nSPS) is 13.1. The summed E-state index contributed by atoms with van der Waals surface area (Å²) in [5.41, 5.74) is 4.01. The van der Waals surface area contributed by atoms with Crippen LogP contribution >= 0.6 is 11.8 Å². The van der Waals surface area contributed by atoms with E-state index in [1.165, 1.54) is 24.9 Å². The van der Waals surface area contributed by atoms with Crippen LogP contribution < -0.4 is 20.4 Å². The smallest absolute Gasteiger partial charge is 0.326 e. The molecule has 5 rings (SSSR count). The number of anilines is 4. The van der Waals surface area contributed by atoms with Crippen molar-refractivity contribution in [1.82, 2.24) is 20.6 Å². The van der Waals surface area contributed by atoms with Gasteiger partial charge in [0.2, 0.25) is 0 Å². The Bertz CT molecular complexity index is 1390. The van der Waals surface area contributed by atoms with Gasteiger partial charge in [0, 0.05) is 40.6 Å². The number of hydrogen-bond acceptors (Lipinski definition) is 7. The number of rotatable bonds is 8. The summed E-state index contributed by atoms with van der Waals surface area (Å²) in [6.45, 7) is 2.44. The van der Waals surface area contributed by atoms with Crippen molar-refractivity contribution in [3.8, 4) is 0 Å². The number of benzene rings is 3. The van der Waals surface area contributed by atoms with Crippen molar-refractivity contribution in [2.45, 2.75) is 30.7 Å². The molecule has 1 fully saturated rings. The number of tetrazole rings is 1. The largest absolute Gasteiger partial charge is 0.372 e. The molecule has 10 nitrogen and oxygen atoms in total. The van der Waals surface area contributed by atoms with Gasteiger partial charge in [0.1, 0.15) is 0 Å². The number of carbonyl (C=O) groups excluding carboxylic acids is 2. The van der Waals surface area contributed by atoms with Crippen LogP contribution in [0.4, 0.5) is 27.8 Å². The maximum Gasteiger partial charge on any atom is 0.326 e. The Kier molecular flexibility index (Phi) is 8.37. The molecule has 39 heavy (non-hydrogen) atoms. The molecule has 3 aromatic carbocycles. The highest BCUT2D eigenvalue weighted by molar-refractivity contribution is 7.98. The topological polar surface area (TPSA) is 119 Å². The molecule has 0 spiro atoms. The molecule has 0 radical (unpaired) electrons. The highest BCUT2D eigenvalue weighted by Crippen LogP contribution is 2.26. The SMILES string of the molecule is CSc1cccc(NC(=O)N(Cc2ccc(C(=O)Nc3nn[nH]n3)cc2)c2ccc(N3CCCCC3)cc2)c1. The van der Waals surface area contributed by atoms with Gasteiger partial charge in [-0.1, -0.05) is 23.3 Å². The number of aromatic amines is 1. The lowest BCUT2D eigenvalue weighted by molar-refractivity contribution is 0.102. The van der Waals surface area contributed by atoms with E-state index < -0.39 is 0 Å². The average Bonchev–Trinajstić information content (AvgIpc) is 3.50. The van der Waals surface area contributed by atoms with Crippen molar-refractivity contribution >= 4 is 46.7 Å². The van der Waals surface area contributed by atoms with Gasteiger partial charge in [-0.15, -0.1) is 16.9 Å². The number of amides is 3. The first kappa shape index (κ1) is 26.2. The van der Waals surface area contributed by atoms with E-state index >= 15 is 0 Å². The fourth-order valence-electron chi connectivity index (χ4n) is 4.50. The molecule has 1 saturated heterocycles. The van der Waals surface area contributed by atoms with Crippen LogP contribution in [0.2, 0.25) is 0 Å². The zero-order chi connectivity index (χ0) is 27.0. The van der Waals surface area contributed by atoms with E-state index in [2.05, 4.69) is 48.3 Å². The molecular formula is C28H30N8O2S. The molecule has 3 N–H and O–H groups in total. The summed E-state index contributed by atoms with van der Waals surface area (Å²) in [5, 5.41) is 18.8. The zero-order valence-electron chi connectivity index (χ0n) is 21.6. The van der Waals surface area contributed by atoms with E-state index in [-0.39, 0.29) is 17.9 Å². The second kappa shape index (κ2) is 12.4. The Morgan fingerprint density at radius 1 is 0.974 bits per heavy atom. The molecule has 4 aromatic rings. The number of thioether (sulfide) groups is 1. The van der Waals surface area contributed by atoms with Gasteiger partial charge < -0.3 is 10.2 Å². The summed E-state index contributed by atoms with van der Waals surface area (Å²) in [4.78, 5) is 31.2. The van der Waals surface area contributed by atoms with Crippen LogP contribution in [-0.4, -0.2) is 51.9 Å². The second-order valence-electron chi connectivity index (χ2n) is 9.20. The van der Waals surface area contributed by atoms with E-state index in [4.69, 9.17) is 0 Å². The fourth-order valence-corrected chi connectivity index (χ4v) is 4.96. The molecule has 1 aliphatic heterocycles. The average molecular weight is 543 g/mol. The number of piperidine rings is 1. The zero-order valence-corrected chi connectivity index (χ0v) is 22.4. The first-order chi connectivity index (χ1) is 19.1. The molecule has 0 aliphatic carbocycles. The molecule has 11 heteroatoms. The van der Waals surface area contributed by atoms with Crippen molar-refractivity contribution in [2.24, 2.45) is 0 Å². The molecular weight excluding hydrogens is 512 g/mol. The first-order valence-corrected chi connectivity index (χ1v) is 14.0. The number of nitrogens with one attached hydrogen (secondary N) is 3. The van der Waals surface area contributed by atoms with Crippen molar-refractivity contribution in [2.75, 3.05) is 39.8 Å². The number of urea groups is 1. The Morgan fingerprint density at radius 3 is 2.44 bits per heavy atom. The predicted octanol–water partition coefficient (Wildman–Crippen LogP) is 5.40. The van der Waals surface area contributed by atoms with Crippen LogP contribution in [0.5, 0.6) is 0 Å². The number of hydrogen-bond donors (Lipinski definition) is 3. The molecule has 200 valence electrons. The molecule has 0 saturated carbocycles. The van der Waals surface area contributed by atoms with E-state index in [1.807, 2.05) is 54.8 Å². The maximum absolute atomic E-state index is 13.6. The van der Waals surface area contributed by atoms with E-state index in [9.17, 15) is 9.59 Å². The Hall–Kier alpha value is -4.38. The standard InChI is InChI=1S/C28H30N8O2S/c1-39-25-7-5-6-22(18-25)29-28(38)36(24-14-12-23(13-15-24)35-16-3-2-4-17-35)19-20-8-10-21(11-9-20)26(37)30-27-31-33-34-32-27/h5-15,18H,2-4,16-17,19H2,1H3,(H,29,38)(H2,30,31,32,33,34,37). The molecule has 2 heterocycles. The van der Waals surface area contributed by atoms with Crippen molar-refractivity contribution in [1.29, 1.82) is 0 Å². The number of aromatic nitrogens is 4. The molecule has 1 aromatic heterocycles. The summed E-state index contributed by atoms with van der Waals surface area (Å²) >= 11 is 1.62. The van der Waals surface area contributed by atoms with Crippen molar-refractivity contribution < 1.29 is 9.59 Å². The van der Waals surface area contributed by atoms with Crippen LogP contribution in [-0.2, 0) is 6.54 Å². The van der Waals surface area contributed by atoms with Gasteiger partial charge in [-0.3, -0.25) is 15.0 Å². The Morgan fingerprint density at radius 2 is 1.74 bits per heavy atom. The molecule has 0 bridgehead atoms. The van der Waals surface area contributed by atoms with Crippen LogP contribution in [0.1, 0.15) is 35.2 Å². The van der Waals surface area contributed by atoms with Crippen LogP contribution in [0.15, 0.2) is 77.7 Å². The maximum atomic E-state index is 13.6. The molecule has 0 unspecified atom stereocenters. The number of carbonyl (C=O) groups is 2. The lowest BCUT2D eigenvalue weighted by atomic mass is 10.1. The van der Waals surface area contributed by atoms with Gasteiger partial charge in [0.25, 0.3) is 11.9 Å². The minimum Gasteiger partial charge on any atom is -0.372 e. The monoisotopic (exact) mass is 542 g/mol. The minimum atomic E-state index is -0.348. The van der Waals surface area contributed by atoms with E-state index in [0.29, 0.717) is 12.1 Å². The highest BCUT2D eigenvalue weighted by Gasteiger charge is 2.19. The van der Waals surface area contributed by atoms with Gasteiger partial charge >= 0.3 is 6.03 Å². The predicted molar refractivity (Wildman–Crippen MR) is 155 cm³/mol. The lowest BCUT2D eigenvalue weighted by Gasteiger charge is -2.29. The Balaban J connectivity index is 1.35. The van der Waals surface area contributed by atoms with Gasteiger partial charge in [0.05, 0.1) is 6.54 Å². The third-order valence-corrected chi connectivity index (χ3v) is 7.30. The summed E-state index contributed by atoms with van der Waals surface area (Å²) < 4.78 is 0. The minimum absolute atomic E-state index is 0.102. The summed E-state index contributed by atoms with van der Waals surface area (Å²) in [6.07, 6.45) is 5.68. The third kappa shape index (κ3) is 6.74. The van der Waals surface area contributed by atoms with Gasteiger partial charge in [-0.2, -0.15) is 5.21 Å². The van der Waals surface area contributed by atoms with E-state index in [1.54, 1.807) is 28.8 Å². The summed E-state index contributed by atoms with van der Waals surface area (Å²) in [6, 6.07) is 22.8. The number of H-pyrrole nitrogens is 1. The molecule has 0 atom stereocenters. The van der Waals surface area contributed by atoms with E-state index in [0.717, 1.165) is 34.9 Å². The van der Waals surface area contributed by atoms with Crippen LogP contribution in [0, 0.1) is 0 Å². The van der Waals surface area contributed by atoms with Crippen molar-refractivity contribution in [3.63, 3.8) is 0 Å². The molecule has 3 amide bonds. The second-order valence-corrected chi connectivity index (χ2v) is 10.1. The van der Waals surface area contributed by atoms with Crippen LogP contribution in [0.3, 0.4) is 0 Å². The summed E-state index contributed by atoms with van der Waals surface area (Å²) in [7, 11) is 0. The molecule has 1 aliphatic rings. The first-order valence-electron chi connectivity index (χ1n) is 12.8. The fraction of sp³-hybridized carbons (Fsp3) is 0.250. The summed E-state index contributed by atoms with van der Waals surface area (Å²) in [5.74, 6) is -0.245.